The number of nitrogens with zero attached hydrogens (tertiary/aromatic N) is 2. The summed E-state index contributed by atoms with van der Waals surface area (Å²) in [6, 6.07) is 17.4. The first-order valence-electron chi connectivity index (χ1n) is 8.36. The number of para-hydroxylation sites is 1. The maximum atomic E-state index is 12.8. The molecule has 0 radical (unpaired) electrons. The Morgan fingerprint density at radius 2 is 1.80 bits per heavy atom. The molecule has 0 fully saturated rings. The summed E-state index contributed by atoms with van der Waals surface area (Å²) in [4.78, 5) is 12.8. The van der Waals surface area contributed by atoms with Crippen molar-refractivity contribution in [3.63, 3.8) is 0 Å². The minimum atomic E-state index is -0.227. The van der Waals surface area contributed by atoms with Gasteiger partial charge in [0.1, 0.15) is 5.75 Å². The lowest BCUT2D eigenvalue weighted by Crippen LogP contribution is -2.30. The molecule has 2 aromatic carbocycles. The minimum absolute atomic E-state index is 0.0237. The highest BCUT2D eigenvalue weighted by Crippen LogP contribution is 2.29. The molecule has 25 heavy (non-hydrogen) atoms. The van der Waals surface area contributed by atoms with E-state index in [0.29, 0.717) is 0 Å². The first kappa shape index (κ1) is 17.0. The van der Waals surface area contributed by atoms with E-state index in [0.717, 1.165) is 22.7 Å². The van der Waals surface area contributed by atoms with Crippen LogP contribution in [0.25, 0.3) is 6.08 Å². The van der Waals surface area contributed by atoms with E-state index < -0.39 is 0 Å². The van der Waals surface area contributed by atoms with Gasteiger partial charge in [-0.15, -0.1) is 0 Å². The fourth-order valence-corrected chi connectivity index (χ4v) is 3.03. The number of allylic oxidation sites excluding steroid dienone is 1. The van der Waals surface area contributed by atoms with Crippen LogP contribution in [0.1, 0.15) is 19.4 Å². The van der Waals surface area contributed by atoms with Gasteiger partial charge in [-0.25, -0.2) is 5.01 Å². The van der Waals surface area contributed by atoms with Gasteiger partial charge in [-0.05, 0) is 42.7 Å². The second-order valence-corrected chi connectivity index (χ2v) is 6.20. The summed E-state index contributed by atoms with van der Waals surface area (Å²) in [7, 11) is 1.65. The molecule has 1 aliphatic heterocycles. The fraction of sp³-hybridized carbons (Fsp3) is 0.238. The molecule has 0 saturated carbocycles. The van der Waals surface area contributed by atoms with Crippen LogP contribution in [-0.2, 0) is 4.79 Å². The number of hydrogen-bond donors (Lipinski definition) is 0. The lowest BCUT2D eigenvalue weighted by molar-refractivity contribution is -0.120. The molecule has 1 heterocycles. The molecule has 2 unspecified atom stereocenters. The zero-order chi connectivity index (χ0) is 17.8. The van der Waals surface area contributed by atoms with Crippen LogP contribution in [0.5, 0.6) is 5.75 Å². The average Bonchev–Trinajstić information content (AvgIpc) is 2.95. The van der Waals surface area contributed by atoms with E-state index >= 15 is 0 Å². The van der Waals surface area contributed by atoms with Crippen LogP contribution >= 0.6 is 0 Å². The van der Waals surface area contributed by atoms with Crippen molar-refractivity contribution in [2.24, 2.45) is 16.9 Å². The smallest absolute Gasteiger partial charge is 0.256 e. The highest BCUT2D eigenvalue weighted by atomic mass is 16.5. The first-order valence-corrected chi connectivity index (χ1v) is 8.36. The van der Waals surface area contributed by atoms with Gasteiger partial charge in [-0.2, -0.15) is 5.10 Å². The molecule has 0 aromatic heterocycles. The molecule has 0 N–H and O–H groups in total. The molecule has 0 aliphatic carbocycles. The van der Waals surface area contributed by atoms with Crippen molar-refractivity contribution in [3.8, 4) is 5.75 Å². The first-order chi connectivity index (χ1) is 12.1. The second-order valence-electron chi connectivity index (χ2n) is 6.20. The lowest BCUT2D eigenvalue weighted by Gasteiger charge is -2.17. The number of hydrazone groups is 1. The summed E-state index contributed by atoms with van der Waals surface area (Å²) >= 11 is 0. The van der Waals surface area contributed by atoms with Crippen LogP contribution in [0.4, 0.5) is 5.69 Å². The molecule has 1 aliphatic rings. The van der Waals surface area contributed by atoms with Gasteiger partial charge in [0.05, 0.1) is 18.7 Å². The van der Waals surface area contributed by atoms with Crippen molar-refractivity contribution in [1.29, 1.82) is 0 Å². The quantitative estimate of drug-likeness (QED) is 0.814. The topological polar surface area (TPSA) is 41.9 Å². The summed E-state index contributed by atoms with van der Waals surface area (Å²) in [5.41, 5.74) is 2.73. The Kier molecular flexibility index (Phi) is 4.98. The number of rotatable bonds is 5. The number of ether oxygens (including phenoxy) is 1. The van der Waals surface area contributed by atoms with Crippen LogP contribution in [-0.4, -0.2) is 18.7 Å². The number of carbonyl (C=O) groups is 1. The number of amides is 1. The van der Waals surface area contributed by atoms with Crippen molar-refractivity contribution in [1.82, 2.24) is 0 Å². The highest BCUT2D eigenvalue weighted by Gasteiger charge is 2.37. The number of carbonyl (C=O) groups excluding carboxylic acids is 1. The third-order valence-electron chi connectivity index (χ3n) is 4.42. The molecule has 128 valence electrons. The molecule has 0 bridgehead atoms. The van der Waals surface area contributed by atoms with Gasteiger partial charge >= 0.3 is 0 Å². The fourth-order valence-electron chi connectivity index (χ4n) is 3.03. The lowest BCUT2D eigenvalue weighted by atomic mass is 9.89. The molecule has 0 saturated heterocycles. The van der Waals surface area contributed by atoms with Gasteiger partial charge in [0, 0.05) is 5.71 Å². The Morgan fingerprint density at radius 1 is 1.12 bits per heavy atom. The number of benzene rings is 2. The van der Waals surface area contributed by atoms with Gasteiger partial charge in [0.2, 0.25) is 0 Å². The number of hydrogen-bond acceptors (Lipinski definition) is 3. The predicted octanol–water partition coefficient (Wildman–Crippen LogP) is 4.38. The molecule has 4 nitrogen and oxygen atoms in total. The van der Waals surface area contributed by atoms with Gasteiger partial charge in [-0.3, -0.25) is 4.79 Å². The monoisotopic (exact) mass is 334 g/mol. The van der Waals surface area contributed by atoms with E-state index in [1.165, 1.54) is 5.01 Å². The van der Waals surface area contributed by atoms with Gasteiger partial charge in [0.25, 0.3) is 5.91 Å². The second kappa shape index (κ2) is 7.34. The Morgan fingerprint density at radius 3 is 2.44 bits per heavy atom. The summed E-state index contributed by atoms with van der Waals surface area (Å²) in [5.74, 6) is 0.690. The summed E-state index contributed by atoms with van der Waals surface area (Å²) in [5, 5.41) is 5.98. The molecular weight excluding hydrogens is 312 g/mol. The van der Waals surface area contributed by atoms with Crippen molar-refractivity contribution in [2.45, 2.75) is 13.8 Å². The third kappa shape index (κ3) is 3.63. The Bertz CT molecular complexity index is 794. The van der Waals surface area contributed by atoms with Crippen LogP contribution in [0.15, 0.2) is 65.8 Å². The average molecular weight is 334 g/mol. The molecule has 3 rings (SSSR count). The third-order valence-corrected chi connectivity index (χ3v) is 4.42. The number of methoxy groups -OCH3 is 1. The van der Waals surface area contributed by atoms with Crippen molar-refractivity contribution in [2.75, 3.05) is 12.1 Å². The molecule has 4 heteroatoms. The minimum Gasteiger partial charge on any atom is -0.497 e. The van der Waals surface area contributed by atoms with E-state index in [1.54, 1.807) is 7.11 Å². The highest BCUT2D eigenvalue weighted by molar-refractivity contribution is 6.15. The van der Waals surface area contributed by atoms with Gasteiger partial charge in [0.15, 0.2) is 0 Å². The van der Waals surface area contributed by atoms with Crippen LogP contribution in [0, 0.1) is 11.8 Å². The van der Waals surface area contributed by atoms with E-state index in [1.807, 2.05) is 67.6 Å². The standard InChI is InChI=1S/C21H22N2O2/c1-15(9-10-17-11-13-19(25-3)14-12-17)20-16(2)22-23(21(20)24)18-7-5-4-6-8-18/h4-15,20H,1-3H3/b10-9+. The van der Waals surface area contributed by atoms with E-state index in [2.05, 4.69) is 18.1 Å². The van der Waals surface area contributed by atoms with Gasteiger partial charge < -0.3 is 4.74 Å². The molecule has 0 spiro atoms. The molecule has 1 amide bonds. The van der Waals surface area contributed by atoms with Gasteiger partial charge in [-0.1, -0.05) is 49.4 Å². The Hall–Kier alpha value is -2.88. The van der Waals surface area contributed by atoms with Crippen LogP contribution in [0.3, 0.4) is 0 Å². The maximum absolute atomic E-state index is 12.8. The zero-order valence-electron chi connectivity index (χ0n) is 14.7. The predicted molar refractivity (Wildman–Crippen MR) is 102 cm³/mol. The van der Waals surface area contributed by atoms with Crippen molar-refractivity contribution in [3.05, 3.63) is 66.2 Å². The van der Waals surface area contributed by atoms with Crippen molar-refractivity contribution < 1.29 is 9.53 Å². The SMILES string of the molecule is COc1ccc(/C=C/C(C)C2C(=O)N(c3ccccc3)N=C2C)cc1. The summed E-state index contributed by atoms with van der Waals surface area (Å²) in [6.07, 6.45) is 4.10. The zero-order valence-corrected chi connectivity index (χ0v) is 14.7. The van der Waals surface area contributed by atoms with Crippen LogP contribution in [0.2, 0.25) is 0 Å². The number of anilines is 1. The summed E-state index contributed by atoms with van der Waals surface area (Å²) < 4.78 is 5.17. The summed E-state index contributed by atoms with van der Waals surface area (Å²) in [6.45, 7) is 3.97. The van der Waals surface area contributed by atoms with Crippen LogP contribution < -0.4 is 9.75 Å². The Labute approximate surface area is 148 Å². The maximum Gasteiger partial charge on any atom is 0.256 e. The van der Waals surface area contributed by atoms with E-state index in [9.17, 15) is 4.79 Å². The van der Waals surface area contributed by atoms with E-state index in [-0.39, 0.29) is 17.7 Å². The molecule has 2 aromatic rings. The molecular formula is C21H22N2O2. The van der Waals surface area contributed by atoms with Crippen molar-refractivity contribution >= 4 is 23.4 Å². The van der Waals surface area contributed by atoms with E-state index in [4.69, 9.17) is 4.74 Å². The Balaban J connectivity index is 1.73. The largest absolute Gasteiger partial charge is 0.497 e. The molecule has 2 atom stereocenters. The normalized spacial score (nSPS) is 18.5.